The fourth-order valence-corrected chi connectivity index (χ4v) is 0.400. The van der Waals surface area contributed by atoms with E-state index in [0.717, 1.165) is 0 Å². The van der Waals surface area contributed by atoms with Crippen LogP contribution in [0.2, 0.25) is 0 Å². The Morgan fingerprint density at radius 2 is 1.71 bits per heavy atom. The van der Waals surface area contributed by atoms with E-state index in [9.17, 15) is 31.1 Å². The average molecular weight is 222 g/mol. The van der Waals surface area contributed by atoms with Crippen LogP contribution in [0.1, 0.15) is 0 Å². The van der Waals surface area contributed by atoms with Crippen molar-refractivity contribution in [1.29, 1.82) is 0 Å². The van der Waals surface area contributed by atoms with Gasteiger partial charge in [0, 0.05) is 0 Å². The topological polar surface area (TPSA) is 26.3 Å². The summed E-state index contributed by atoms with van der Waals surface area (Å²) in [6.45, 7) is -3.20. The smallest absolute Gasteiger partial charge is 0.445 e. The van der Waals surface area contributed by atoms with E-state index in [1.54, 1.807) is 0 Å². The third kappa shape index (κ3) is 4.15. The Morgan fingerprint density at radius 1 is 1.21 bits per heavy atom. The van der Waals surface area contributed by atoms with E-state index < -0.39 is 37.1 Å². The molecule has 0 aromatic rings. The van der Waals surface area contributed by atoms with E-state index in [0.29, 0.717) is 0 Å². The van der Waals surface area contributed by atoms with Crippen LogP contribution in [0.5, 0.6) is 0 Å². The van der Waals surface area contributed by atoms with Gasteiger partial charge in [-0.05, 0) is 0 Å². The van der Waals surface area contributed by atoms with Gasteiger partial charge >= 0.3 is 12.1 Å². The van der Waals surface area contributed by atoms with Crippen LogP contribution in [0, 0.1) is 0 Å². The van der Waals surface area contributed by atoms with Gasteiger partial charge in [-0.2, -0.15) is 17.6 Å². The highest BCUT2D eigenvalue weighted by atomic mass is 19.4. The molecular weight excluding hydrogens is 218 g/mol. The van der Waals surface area contributed by atoms with Gasteiger partial charge in [0.1, 0.15) is 6.61 Å². The van der Waals surface area contributed by atoms with Gasteiger partial charge in [-0.3, -0.25) is 0 Å². The lowest BCUT2D eigenvalue weighted by Gasteiger charge is -2.05. The minimum Gasteiger partial charge on any atom is -0.456 e. The van der Waals surface area contributed by atoms with Crippen molar-refractivity contribution in [3.63, 3.8) is 0 Å². The molecule has 0 aliphatic heterocycles. The molecule has 2 nitrogen and oxygen atoms in total. The molecule has 0 bridgehead atoms. The molecule has 0 atom stereocenters. The molecule has 14 heavy (non-hydrogen) atoms. The standard InChI is InChI=1S/C6H4F6O2/c7-1-4(13)14-2-3(8)5(9)6(10,11)12/h1-2H2/b5-3+. The first kappa shape index (κ1) is 12.8. The maximum Gasteiger partial charge on any atom is 0.445 e. The number of hydrogen-bond donors (Lipinski definition) is 0. The molecule has 0 radical (unpaired) electrons. The zero-order valence-corrected chi connectivity index (χ0v) is 6.50. The molecule has 82 valence electrons. The number of halogens is 6. The Balaban J connectivity index is 4.32. The predicted molar refractivity (Wildman–Crippen MR) is 32.2 cm³/mol. The quantitative estimate of drug-likeness (QED) is 0.540. The SMILES string of the molecule is O=C(CF)OC/C(F)=C(\F)C(F)(F)F. The minimum atomic E-state index is -5.48. The molecular formula is C6H4F6O2. The highest BCUT2D eigenvalue weighted by molar-refractivity contribution is 5.70. The molecule has 0 rings (SSSR count). The molecule has 0 unspecified atom stereocenters. The third-order valence-electron chi connectivity index (χ3n) is 0.956. The van der Waals surface area contributed by atoms with Crippen molar-refractivity contribution in [3.8, 4) is 0 Å². The van der Waals surface area contributed by atoms with E-state index in [4.69, 9.17) is 0 Å². The van der Waals surface area contributed by atoms with Crippen molar-refractivity contribution < 1.29 is 35.9 Å². The summed E-state index contributed by atoms with van der Waals surface area (Å²) in [6, 6.07) is 0. The van der Waals surface area contributed by atoms with Crippen molar-refractivity contribution in [3.05, 3.63) is 11.7 Å². The first-order chi connectivity index (χ1) is 6.29. The molecule has 0 aliphatic carbocycles. The van der Waals surface area contributed by atoms with Crippen molar-refractivity contribution in [1.82, 2.24) is 0 Å². The number of ether oxygens (including phenoxy) is 1. The lowest BCUT2D eigenvalue weighted by atomic mass is 10.4. The Hall–Kier alpha value is -1.21. The number of allylic oxidation sites excluding steroid dienone is 1. The lowest BCUT2D eigenvalue weighted by Crippen LogP contribution is -2.14. The van der Waals surface area contributed by atoms with Gasteiger partial charge < -0.3 is 4.74 Å². The first-order valence-electron chi connectivity index (χ1n) is 3.12. The summed E-state index contributed by atoms with van der Waals surface area (Å²) in [5, 5.41) is 0. The van der Waals surface area contributed by atoms with E-state index in [-0.39, 0.29) is 0 Å². The Morgan fingerprint density at radius 3 is 2.07 bits per heavy atom. The van der Waals surface area contributed by atoms with Crippen LogP contribution >= 0.6 is 0 Å². The van der Waals surface area contributed by atoms with Crippen molar-refractivity contribution >= 4 is 5.97 Å². The summed E-state index contributed by atoms with van der Waals surface area (Å²) in [5.41, 5.74) is 0. The zero-order valence-electron chi connectivity index (χ0n) is 6.50. The molecule has 0 aromatic carbocycles. The third-order valence-corrected chi connectivity index (χ3v) is 0.956. The molecule has 0 fully saturated rings. The second-order valence-electron chi connectivity index (χ2n) is 2.01. The highest BCUT2D eigenvalue weighted by Gasteiger charge is 2.38. The van der Waals surface area contributed by atoms with Crippen molar-refractivity contribution in [2.45, 2.75) is 6.18 Å². The largest absolute Gasteiger partial charge is 0.456 e. The summed E-state index contributed by atoms with van der Waals surface area (Å²) in [4.78, 5) is 10.00. The molecule has 8 heteroatoms. The van der Waals surface area contributed by atoms with Crippen LogP contribution in [-0.2, 0) is 9.53 Å². The number of rotatable bonds is 3. The van der Waals surface area contributed by atoms with E-state index in [1.807, 2.05) is 0 Å². The second-order valence-corrected chi connectivity index (χ2v) is 2.01. The highest BCUT2D eigenvalue weighted by Crippen LogP contribution is 2.29. The van der Waals surface area contributed by atoms with Crippen LogP contribution in [0.4, 0.5) is 26.3 Å². The molecule has 0 aromatic heterocycles. The van der Waals surface area contributed by atoms with E-state index in [2.05, 4.69) is 4.74 Å². The van der Waals surface area contributed by atoms with Gasteiger partial charge in [0.05, 0.1) is 0 Å². The normalized spacial score (nSPS) is 13.6. The summed E-state index contributed by atoms with van der Waals surface area (Å²) in [6.07, 6.45) is -5.48. The molecule has 0 N–H and O–H groups in total. The first-order valence-corrected chi connectivity index (χ1v) is 3.12. The lowest BCUT2D eigenvalue weighted by molar-refractivity contribution is -0.144. The van der Waals surface area contributed by atoms with E-state index >= 15 is 0 Å². The molecule has 0 heterocycles. The van der Waals surface area contributed by atoms with Gasteiger partial charge in [-0.1, -0.05) is 0 Å². The van der Waals surface area contributed by atoms with Gasteiger partial charge in [0.15, 0.2) is 12.5 Å². The van der Waals surface area contributed by atoms with Gasteiger partial charge in [0.25, 0.3) is 0 Å². The Bertz CT molecular complexity index is 243. The minimum absolute atomic E-state index is 1.57. The fourth-order valence-electron chi connectivity index (χ4n) is 0.400. The van der Waals surface area contributed by atoms with Crippen molar-refractivity contribution in [2.75, 3.05) is 13.3 Å². The molecule has 0 spiro atoms. The Labute approximate surface area is 74.1 Å². The molecule has 0 saturated heterocycles. The van der Waals surface area contributed by atoms with Crippen LogP contribution in [0.25, 0.3) is 0 Å². The number of alkyl halides is 4. The van der Waals surface area contributed by atoms with Gasteiger partial charge in [-0.15, -0.1) is 0 Å². The summed E-state index contributed by atoms with van der Waals surface area (Å²) < 4.78 is 73.3. The van der Waals surface area contributed by atoms with Gasteiger partial charge in [0.2, 0.25) is 5.83 Å². The van der Waals surface area contributed by atoms with Crippen molar-refractivity contribution in [2.24, 2.45) is 0 Å². The Kier molecular flexibility index (Phi) is 4.45. The van der Waals surface area contributed by atoms with Gasteiger partial charge in [-0.25, -0.2) is 13.6 Å². The maximum absolute atomic E-state index is 12.2. The zero-order chi connectivity index (χ0) is 11.4. The summed E-state index contributed by atoms with van der Waals surface area (Å²) in [5.74, 6) is -6.88. The van der Waals surface area contributed by atoms with E-state index in [1.165, 1.54) is 0 Å². The van der Waals surface area contributed by atoms with Crippen LogP contribution in [-0.4, -0.2) is 25.4 Å². The molecule has 0 aliphatic rings. The molecule has 0 amide bonds. The monoisotopic (exact) mass is 222 g/mol. The number of esters is 1. The maximum atomic E-state index is 12.2. The average Bonchev–Trinajstić information content (AvgIpc) is 2.10. The van der Waals surface area contributed by atoms with Crippen LogP contribution < -0.4 is 0 Å². The summed E-state index contributed by atoms with van der Waals surface area (Å²) in [7, 11) is 0. The molecule has 0 saturated carbocycles. The second kappa shape index (κ2) is 4.87. The number of carbonyl (C=O) groups is 1. The predicted octanol–water partition coefficient (Wildman–Crippen LogP) is 2.21. The van der Waals surface area contributed by atoms with Crippen LogP contribution in [0.15, 0.2) is 11.7 Å². The summed E-state index contributed by atoms with van der Waals surface area (Å²) >= 11 is 0. The number of hydrogen-bond acceptors (Lipinski definition) is 2. The van der Waals surface area contributed by atoms with Crippen LogP contribution in [0.3, 0.4) is 0 Å². The number of carbonyl (C=O) groups excluding carboxylic acids is 1. The fraction of sp³-hybridized carbons (Fsp3) is 0.500.